The molecule has 1 unspecified atom stereocenters. The van der Waals surface area contributed by atoms with Gasteiger partial charge >= 0.3 is 0 Å². The first-order valence-corrected chi connectivity index (χ1v) is 12.2. The molecule has 3 aromatic rings. The van der Waals surface area contributed by atoms with E-state index in [1.54, 1.807) is 18.2 Å². The van der Waals surface area contributed by atoms with Gasteiger partial charge in [0.1, 0.15) is 0 Å². The van der Waals surface area contributed by atoms with E-state index in [2.05, 4.69) is 9.82 Å². The molecule has 2 heterocycles. The Hall–Kier alpha value is -2.97. The smallest absolute Gasteiger partial charge is 0.283 e. The van der Waals surface area contributed by atoms with E-state index >= 15 is 0 Å². The van der Waals surface area contributed by atoms with Crippen molar-refractivity contribution >= 4 is 38.7 Å². The summed E-state index contributed by atoms with van der Waals surface area (Å²) in [5, 5.41) is 8.04. The molecule has 0 radical (unpaired) electrons. The molecule has 1 N–H and O–H groups in total. The number of sulfonamides is 1. The third-order valence-corrected chi connectivity index (χ3v) is 6.29. The number of nitrogens with zero attached hydrogens (tertiary/aromatic N) is 2. The average Bonchev–Trinajstić information content (AvgIpc) is 3.38. The van der Waals surface area contributed by atoms with Gasteiger partial charge in [-0.25, -0.2) is 13.4 Å². The van der Waals surface area contributed by atoms with Crippen LogP contribution >= 0.6 is 11.3 Å². The van der Waals surface area contributed by atoms with Crippen LogP contribution in [0.2, 0.25) is 0 Å². The van der Waals surface area contributed by atoms with E-state index in [1.165, 1.54) is 16.3 Å². The summed E-state index contributed by atoms with van der Waals surface area (Å²) >= 11 is 1.37. The van der Waals surface area contributed by atoms with E-state index in [9.17, 15) is 13.2 Å². The van der Waals surface area contributed by atoms with E-state index < -0.39 is 10.0 Å². The molecule has 2 aromatic carbocycles. The van der Waals surface area contributed by atoms with Crippen molar-refractivity contribution in [3.8, 4) is 0 Å². The monoisotopic (exact) mass is 439 g/mol. The molecule has 0 saturated carbocycles. The number of hydrogen-bond donors (Lipinski definition) is 1. The number of para-hydroxylation sites is 1. The summed E-state index contributed by atoms with van der Waals surface area (Å²) in [5.41, 5.74) is 3.90. The highest BCUT2D eigenvalue weighted by atomic mass is 32.2. The van der Waals surface area contributed by atoms with E-state index in [1.807, 2.05) is 54.8 Å². The normalized spacial score (nSPS) is 16.4. The van der Waals surface area contributed by atoms with Crippen molar-refractivity contribution in [2.45, 2.75) is 19.4 Å². The first kappa shape index (κ1) is 20.3. The van der Waals surface area contributed by atoms with Crippen LogP contribution in [0.4, 0.5) is 5.69 Å². The highest BCUT2D eigenvalue weighted by Gasteiger charge is 2.34. The minimum atomic E-state index is -3.45. The molecule has 1 aliphatic heterocycles. The Bertz CT molecular complexity index is 1200. The van der Waals surface area contributed by atoms with Gasteiger partial charge in [0.05, 0.1) is 28.6 Å². The van der Waals surface area contributed by atoms with Crippen LogP contribution in [0.3, 0.4) is 0 Å². The summed E-state index contributed by atoms with van der Waals surface area (Å²) in [6.45, 7) is 2.02. The first-order chi connectivity index (χ1) is 14.3. The molecule has 30 heavy (non-hydrogen) atoms. The largest absolute Gasteiger partial charge is 0.284 e. The predicted molar refractivity (Wildman–Crippen MR) is 120 cm³/mol. The summed E-state index contributed by atoms with van der Waals surface area (Å²) in [4.78, 5) is 13.8. The fourth-order valence-electron chi connectivity index (χ4n) is 3.45. The van der Waals surface area contributed by atoms with Crippen molar-refractivity contribution < 1.29 is 13.2 Å². The van der Waals surface area contributed by atoms with E-state index in [0.29, 0.717) is 28.3 Å². The van der Waals surface area contributed by atoms with Crippen LogP contribution in [-0.4, -0.2) is 31.3 Å². The lowest BCUT2D eigenvalue weighted by atomic mass is 9.97. The van der Waals surface area contributed by atoms with Gasteiger partial charge in [0.15, 0.2) is 0 Å². The minimum Gasteiger partial charge on any atom is -0.283 e. The molecular weight excluding hydrogens is 418 g/mol. The zero-order valence-electron chi connectivity index (χ0n) is 16.6. The Balaban J connectivity index is 1.76. The average molecular weight is 440 g/mol. The Labute approximate surface area is 179 Å². The summed E-state index contributed by atoms with van der Waals surface area (Å²) in [6.07, 6.45) is 1.60. The van der Waals surface area contributed by atoms with E-state index in [0.717, 1.165) is 17.4 Å². The third-order valence-electron chi connectivity index (χ3n) is 4.85. The fraction of sp³-hybridized carbons (Fsp3) is 0.182. The molecule has 0 bridgehead atoms. The molecule has 1 amide bonds. The van der Waals surface area contributed by atoms with Crippen molar-refractivity contribution in [3.05, 3.63) is 87.6 Å². The Morgan fingerprint density at radius 3 is 2.50 bits per heavy atom. The van der Waals surface area contributed by atoms with Gasteiger partial charge < -0.3 is 0 Å². The Morgan fingerprint density at radius 2 is 1.83 bits per heavy atom. The second-order valence-electron chi connectivity index (χ2n) is 7.22. The fourth-order valence-corrected chi connectivity index (χ4v) is 4.68. The molecule has 1 aliphatic rings. The number of benzene rings is 2. The first-order valence-electron chi connectivity index (χ1n) is 9.40. The van der Waals surface area contributed by atoms with Crippen molar-refractivity contribution in [1.82, 2.24) is 5.01 Å². The van der Waals surface area contributed by atoms with E-state index in [-0.39, 0.29) is 11.9 Å². The van der Waals surface area contributed by atoms with Crippen LogP contribution in [0.1, 0.15) is 38.8 Å². The number of carbonyl (C=O) groups excluding carboxylic acids is 1. The Kier molecular flexibility index (Phi) is 5.44. The molecule has 1 aromatic heterocycles. The predicted octanol–water partition coefficient (Wildman–Crippen LogP) is 4.42. The number of rotatable bonds is 5. The molecule has 4 rings (SSSR count). The van der Waals surface area contributed by atoms with Crippen molar-refractivity contribution in [3.63, 3.8) is 0 Å². The standard InChI is InChI=1S/C22H21N3O3S2/c1-15-9-11-16(12-10-15)20-14-19(23-25(20)22(26)21-8-5-13-29-21)17-6-3-4-7-18(17)24-30(2,27)28/h3-13,20,24H,14H2,1-2H3. The molecule has 8 heteroatoms. The zero-order chi connectivity index (χ0) is 21.3. The van der Waals surface area contributed by atoms with Gasteiger partial charge in [-0.3, -0.25) is 9.52 Å². The van der Waals surface area contributed by atoms with Crippen molar-refractivity contribution in [2.24, 2.45) is 5.10 Å². The van der Waals surface area contributed by atoms with Gasteiger partial charge in [0.25, 0.3) is 5.91 Å². The second kappa shape index (κ2) is 8.04. The van der Waals surface area contributed by atoms with Crippen LogP contribution in [-0.2, 0) is 10.0 Å². The van der Waals surface area contributed by atoms with Gasteiger partial charge in [-0.2, -0.15) is 5.10 Å². The van der Waals surface area contributed by atoms with Gasteiger partial charge in [-0.05, 0) is 30.0 Å². The highest BCUT2D eigenvalue weighted by Crippen LogP contribution is 2.36. The Morgan fingerprint density at radius 1 is 1.10 bits per heavy atom. The lowest BCUT2D eigenvalue weighted by Gasteiger charge is -2.21. The van der Waals surface area contributed by atoms with Crippen LogP contribution in [0.25, 0.3) is 0 Å². The van der Waals surface area contributed by atoms with Crippen molar-refractivity contribution in [2.75, 3.05) is 11.0 Å². The lowest BCUT2D eigenvalue weighted by molar-refractivity contribution is 0.0716. The minimum absolute atomic E-state index is 0.167. The number of hydrogen-bond acceptors (Lipinski definition) is 5. The second-order valence-corrected chi connectivity index (χ2v) is 9.92. The molecule has 154 valence electrons. The van der Waals surface area contributed by atoms with Crippen LogP contribution in [0, 0.1) is 6.92 Å². The maximum Gasteiger partial charge on any atom is 0.284 e. The molecule has 0 fully saturated rings. The maximum atomic E-state index is 13.2. The van der Waals surface area contributed by atoms with Crippen LogP contribution < -0.4 is 4.72 Å². The van der Waals surface area contributed by atoms with Gasteiger partial charge in [-0.1, -0.05) is 54.1 Å². The number of hydrazone groups is 1. The van der Waals surface area contributed by atoms with E-state index in [4.69, 9.17) is 0 Å². The molecule has 0 aliphatic carbocycles. The molecule has 0 saturated heterocycles. The van der Waals surface area contributed by atoms with Crippen LogP contribution in [0.15, 0.2) is 71.1 Å². The molecule has 6 nitrogen and oxygen atoms in total. The van der Waals surface area contributed by atoms with Gasteiger partial charge in [0.2, 0.25) is 10.0 Å². The highest BCUT2D eigenvalue weighted by molar-refractivity contribution is 7.92. The number of thiophene rings is 1. The number of anilines is 1. The maximum absolute atomic E-state index is 13.2. The summed E-state index contributed by atoms with van der Waals surface area (Å²) in [6, 6.07) is 18.5. The topological polar surface area (TPSA) is 78.8 Å². The number of nitrogens with one attached hydrogen (secondary N) is 1. The zero-order valence-corrected chi connectivity index (χ0v) is 18.2. The van der Waals surface area contributed by atoms with Crippen molar-refractivity contribution in [1.29, 1.82) is 0 Å². The van der Waals surface area contributed by atoms with Gasteiger partial charge in [-0.15, -0.1) is 11.3 Å². The quantitative estimate of drug-likeness (QED) is 0.639. The molecular formula is C22H21N3O3S2. The number of aryl methyl sites for hydroxylation is 1. The summed E-state index contributed by atoms with van der Waals surface area (Å²) < 4.78 is 26.1. The lowest BCUT2D eigenvalue weighted by Crippen LogP contribution is -2.26. The third kappa shape index (κ3) is 4.29. The number of amides is 1. The van der Waals surface area contributed by atoms with Crippen LogP contribution in [0.5, 0.6) is 0 Å². The summed E-state index contributed by atoms with van der Waals surface area (Å²) in [5.74, 6) is -0.167. The molecule has 0 spiro atoms. The number of carbonyl (C=O) groups is 1. The summed E-state index contributed by atoms with van der Waals surface area (Å²) in [7, 11) is -3.45. The van der Waals surface area contributed by atoms with Gasteiger partial charge in [0, 0.05) is 12.0 Å². The molecule has 1 atom stereocenters. The SMILES string of the molecule is Cc1ccc(C2CC(c3ccccc3NS(C)(=O)=O)=NN2C(=O)c2cccs2)cc1.